The molecule has 0 bridgehead atoms. The van der Waals surface area contributed by atoms with Gasteiger partial charge in [-0.1, -0.05) is 26.0 Å². The highest BCUT2D eigenvalue weighted by Gasteiger charge is 2.14. The quantitative estimate of drug-likeness (QED) is 0.653. The molecule has 1 aromatic heterocycles. The van der Waals surface area contributed by atoms with Gasteiger partial charge in [0.05, 0.1) is 11.0 Å². The van der Waals surface area contributed by atoms with Crippen LogP contribution in [0.15, 0.2) is 36.4 Å². The lowest BCUT2D eigenvalue weighted by Gasteiger charge is -2.11. The molecule has 0 unspecified atom stereocenters. The minimum atomic E-state index is -0.245. The number of hydrogen-bond acceptors (Lipinski definition) is 2. The van der Waals surface area contributed by atoms with Crippen molar-refractivity contribution in [3.8, 4) is 0 Å². The smallest absolute Gasteiger partial charge is 0.221 e. The summed E-state index contributed by atoms with van der Waals surface area (Å²) in [5.74, 6) is 1.12. The van der Waals surface area contributed by atoms with Crippen molar-refractivity contribution in [2.45, 2.75) is 47.1 Å². The lowest BCUT2D eigenvalue weighted by molar-refractivity contribution is -0.121. The van der Waals surface area contributed by atoms with Gasteiger partial charge in [-0.15, -0.1) is 0 Å². The number of benzene rings is 2. The van der Waals surface area contributed by atoms with Crippen molar-refractivity contribution < 1.29 is 9.18 Å². The zero-order valence-corrected chi connectivity index (χ0v) is 17.1. The fourth-order valence-electron chi connectivity index (χ4n) is 3.22. The average Bonchev–Trinajstić information content (AvgIpc) is 2.96. The third-order valence-corrected chi connectivity index (χ3v) is 4.99. The van der Waals surface area contributed by atoms with Crippen molar-refractivity contribution in [2.24, 2.45) is 5.92 Å². The van der Waals surface area contributed by atoms with E-state index < -0.39 is 0 Å². The summed E-state index contributed by atoms with van der Waals surface area (Å²) in [7, 11) is 0. The molecule has 0 aliphatic rings. The number of hydrogen-bond donors (Lipinski definition) is 1. The highest BCUT2D eigenvalue weighted by Crippen LogP contribution is 2.23. The molecule has 3 aromatic rings. The number of carbonyl (C=O) groups is 1. The lowest BCUT2D eigenvalue weighted by atomic mass is 10.1. The summed E-state index contributed by atoms with van der Waals surface area (Å²) in [5, 5.41) is 2.97. The number of nitrogens with one attached hydrogen (secondary N) is 1. The maximum atomic E-state index is 13.2. The molecule has 0 saturated heterocycles. The van der Waals surface area contributed by atoms with Gasteiger partial charge in [-0.3, -0.25) is 4.79 Å². The summed E-state index contributed by atoms with van der Waals surface area (Å²) in [4.78, 5) is 17.0. The van der Waals surface area contributed by atoms with Gasteiger partial charge in [0.25, 0.3) is 0 Å². The van der Waals surface area contributed by atoms with Crippen LogP contribution in [-0.2, 0) is 17.8 Å². The van der Waals surface area contributed by atoms with E-state index in [1.165, 1.54) is 23.3 Å². The highest BCUT2D eigenvalue weighted by atomic mass is 19.1. The molecule has 0 aliphatic carbocycles. The van der Waals surface area contributed by atoms with E-state index in [2.05, 4.69) is 49.7 Å². The molecule has 4 nitrogen and oxygen atoms in total. The van der Waals surface area contributed by atoms with Crippen LogP contribution in [0.4, 0.5) is 4.39 Å². The zero-order chi connectivity index (χ0) is 20.3. The van der Waals surface area contributed by atoms with Gasteiger partial charge < -0.3 is 9.88 Å². The van der Waals surface area contributed by atoms with E-state index in [0.29, 0.717) is 31.8 Å². The Morgan fingerprint density at radius 2 is 1.82 bits per heavy atom. The fraction of sp³-hybridized carbons (Fsp3) is 0.391. The van der Waals surface area contributed by atoms with E-state index >= 15 is 0 Å². The molecule has 0 spiro atoms. The topological polar surface area (TPSA) is 46.9 Å². The molecule has 5 heteroatoms. The van der Waals surface area contributed by atoms with Gasteiger partial charge in [-0.05, 0) is 60.7 Å². The van der Waals surface area contributed by atoms with Crippen molar-refractivity contribution in [1.29, 1.82) is 0 Å². The van der Waals surface area contributed by atoms with Crippen LogP contribution in [0.2, 0.25) is 0 Å². The van der Waals surface area contributed by atoms with Crippen molar-refractivity contribution in [3.05, 3.63) is 64.7 Å². The Bertz CT molecular complexity index is 974. The van der Waals surface area contributed by atoms with E-state index in [-0.39, 0.29) is 11.7 Å². The van der Waals surface area contributed by atoms with Crippen molar-refractivity contribution in [2.75, 3.05) is 6.54 Å². The number of aryl methyl sites for hydroxylation is 3. The van der Waals surface area contributed by atoms with Crippen molar-refractivity contribution in [3.63, 3.8) is 0 Å². The fourth-order valence-corrected chi connectivity index (χ4v) is 3.22. The number of nitrogens with zero attached hydrogens (tertiary/aromatic N) is 2. The van der Waals surface area contributed by atoms with E-state index in [4.69, 9.17) is 4.98 Å². The summed E-state index contributed by atoms with van der Waals surface area (Å²) < 4.78 is 15.4. The molecule has 148 valence electrons. The van der Waals surface area contributed by atoms with Gasteiger partial charge in [0.15, 0.2) is 0 Å². The summed E-state index contributed by atoms with van der Waals surface area (Å²) in [5.41, 5.74) is 5.36. The number of halogens is 1. The third kappa shape index (κ3) is 4.77. The Kier molecular flexibility index (Phi) is 6.12. The first-order chi connectivity index (χ1) is 13.3. The van der Waals surface area contributed by atoms with Crippen LogP contribution in [0.3, 0.4) is 0 Å². The van der Waals surface area contributed by atoms with Gasteiger partial charge >= 0.3 is 0 Å². The number of fused-ring (bicyclic) bond motifs is 1. The lowest BCUT2D eigenvalue weighted by Crippen LogP contribution is -2.28. The van der Waals surface area contributed by atoms with E-state index in [1.54, 1.807) is 12.1 Å². The summed E-state index contributed by atoms with van der Waals surface area (Å²) in [6.07, 6.45) is 1.00. The number of carbonyl (C=O) groups excluding carboxylic acids is 1. The Labute approximate surface area is 165 Å². The third-order valence-electron chi connectivity index (χ3n) is 4.99. The second-order valence-electron chi connectivity index (χ2n) is 7.86. The van der Waals surface area contributed by atoms with Crippen LogP contribution in [-0.4, -0.2) is 22.0 Å². The Hall–Kier alpha value is -2.69. The second-order valence-corrected chi connectivity index (χ2v) is 7.86. The van der Waals surface area contributed by atoms with Crippen LogP contribution in [0.25, 0.3) is 11.0 Å². The first kappa shape index (κ1) is 20.1. The van der Waals surface area contributed by atoms with Crippen LogP contribution in [0, 0.1) is 25.6 Å². The Morgan fingerprint density at radius 3 is 2.50 bits per heavy atom. The molecule has 1 heterocycles. The predicted molar refractivity (Wildman–Crippen MR) is 111 cm³/mol. The van der Waals surface area contributed by atoms with Crippen molar-refractivity contribution in [1.82, 2.24) is 14.9 Å². The number of imidazole rings is 1. The molecule has 1 N–H and O–H groups in total. The van der Waals surface area contributed by atoms with Crippen LogP contribution in [0.5, 0.6) is 0 Å². The molecule has 3 rings (SSSR count). The molecule has 0 atom stereocenters. The molecule has 0 fully saturated rings. The van der Waals surface area contributed by atoms with E-state index in [1.807, 2.05) is 0 Å². The summed E-state index contributed by atoms with van der Waals surface area (Å²) in [6.45, 7) is 9.57. The van der Waals surface area contributed by atoms with E-state index in [0.717, 1.165) is 22.4 Å². The molecule has 28 heavy (non-hydrogen) atoms. The molecule has 0 radical (unpaired) electrons. The normalized spacial score (nSPS) is 11.4. The molecule has 0 aliphatic heterocycles. The number of rotatable bonds is 7. The first-order valence-corrected chi connectivity index (χ1v) is 9.81. The Balaban J connectivity index is 1.89. The molecular weight excluding hydrogens is 353 g/mol. The molecule has 2 aromatic carbocycles. The Morgan fingerprint density at radius 1 is 1.14 bits per heavy atom. The van der Waals surface area contributed by atoms with Crippen molar-refractivity contribution >= 4 is 16.9 Å². The van der Waals surface area contributed by atoms with Crippen LogP contribution < -0.4 is 5.32 Å². The SMILES string of the molecule is Cc1cc2nc(Cc3ccc(F)cc3)n(CCC(=O)NCC(C)C)c2cc1C. The highest BCUT2D eigenvalue weighted by molar-refractivity contribution is 5.79. The molecule has 0 saturated carbocycles. The minimum absolute atomic E-state index is 0.0483. The van der Waals surface area contributed by atoms with Gasteiger partial charge in [-0.25, -0.2) is 9.37 Å². The average molecular weight is 381 g/mol. The zero-order valence-electron chi connectivity index (χ0n) is 17.1. The minimum Gasteiger partial charge on any atom is -0.356 e. The molecule has 1 amide bonds. The summed E-state index contributed by atoms with van der Waals surface area (Å²) in [6, 6.07) is 10.7. The predicted octanol–water partition coefficient (Wildman–Crippen LogP) is 4.55. The first-order valence-electron chi connectivity index (χ1n) is 9.81. The van der Waals surface area contributed by atoms with Crippen LogP contribution >= 0.6 is 0 Å². The molecular formula is C23H28FN3O. The van der Waals surface area contributed by atoms with E-state index in [9.17, 15) is 9.18 Å². The maximum absolute atomic E-state index is 13.2. The van der Waals surface area contributed by atoms with Gasteiger partial charge in [0.1, 0.15) is 11.6 Å². The maximum Gasteiger partial charge on any atom is 0.221 e. The summed E-state index contributed by atoms with van der Waals surface area (Å²) >= 11 is 0. The second kappa shape index (κ2) is 8.55. The van der Waals surface area contributed by atoms with Gasteiger partial charge in [0.2, 0.25) is 5.91 Å². The number of aromatic nitrogens is 2. The van der Waals surface area contributed by atoms with Gasteiger partial charge in [-0.2, -0.15) is 0 Å². The largest absolute Gasteiger partial charge is 0.356 e. The van der Waals surface area contributed by atoms with Gasteiger partial charge in [0, 0.05) is 25.9 Å². The monoisotopic (exact) mass is 381 g/mol. The van der Waals surface area contributed by atoms with Crippen LogP contribution in [0.1, 0.15) is 42.8 Å². The standard InChI is InChI=1S/C23H28FN3O/c1-15(2)14-25-23(28)9-10-27-21-12-17(4)16(3)11-20(21)26-22(27)13-18-5-7-19(24)8-6-18/h5-8,11-12,15H,9-10,13-14H2,1-4H3,(H,25,28). The number of amides is 1.